The third-order valence-corrected chi connectivity index (χ3v) is 6.70. The van der Waals surface area contributed by atoms with Gasteiger partial charge in [-0.15, -0.1) is 0 Å². The van der Waals surface area contributed by atoms with Crippen LogP contribution in [-0.4, -0.2) is 40.4 Å². The predicted molar refractivity (Wildman–Crippen MR) is 105 cm³/mol. The molecule has 2 atom stereocenters. The van der Waals surface area contributed by atoms with Crippen LogP contribution in [0.2, 0.25) is 5.02 Å². The highest BCUT2D eigenvalue weighted by Gasteiger charge is 2.32. The second-order valence-electron chi connectivity index (χ2n) is 7.92. The van der Waals surface area contributed by atoms with E-state index in [9.17, 15) is 0 Å². The van der Waals surface area contributed by atoms with Crippen LogP contribution in [0.4, 0.5) is 0 Å². The van der Waals surface area contributed by atoms with E-state index in [1.807, 2.05) is 18.3 Å². The largest absolute Gasteiger partial charge is 0.454 e. The van der Waals surface area contributed by atoms with Crippen LogP contribution in [0.5, 0.6) is 11.5 Å². The van der Waals surface area contributed by atoms with Crippen LogP contribution in [0.3, 0.4) is 0 Å². The second kappa shape index (κ2) is 7.36. The Balaban J connectivity index is 1.34. The molecule has 5 nitrogen and oxygen atoms in total. The Morgan fingerprint density at radius 1 is 1.07 bits per heavy atom. The minimum Gasteiger partial charge on any atom is -0.454 e. The van der Waals surface area contributed by atoms with Gasteiger partial charge < -0.3 is 18.9 Å². The second-order valence-corrected chi connectivity index (χ2v) is 8.33. The van der Waals surface area contributed by atoms with E-state index in [1.54, 1.807) is 0 Å². The fourth-order valence-electron chi connectivity index (χ4n) is 5.04. The summed E-state index contributed by atoms with van der Waals surface area (Å²) in [5.41, 5.74) is 0.911. The van der Waals surface area contributed by atoms with E-state index in [-0.39, 0.29) is 6.79 Å². The van der Waals surface area contributed by atoms with E-state index in [4.69, 9.17) is 21.1 Å². The van der Waals surface area contributed by atoms with Gasteiger partial charge in [-0.3, -0.25) is 0 Å². The maximum atomic E-state index is 6.52. The summed E-state index contributed by atoms with van der Waals surface area (Å²) in [7, 11) is 0. The summed E-state index contributed by atoms with van der Waals surface area (Å²) in [5.74, 6) is 3.16. The zero-order chi connectivity index (χ0) is 18.2. The van der Waals surface area contributed by atoms with Gasteiger partial charge in [-0.05, 0) is 57.2 Å². The number of piperidine rings is 2. The Bertz CT molecular complexity index is 820. The van der Waals surface area contributed by atoms with E-state index in [2.05, 4.69) is 20.6 Å². The molecule has 0 amide bonds. The molecule has 0 unspecified atom stereocenters. The van der Waals surface area contributed by atoms with Gasteiger partial charge in [0.15, 0.2) is 11.5 Å². The van der Waals surface area contributed by atoms with Crippen LogP contribution >= 0.6 is 11.6 Å². The smallest absolute Gasteiger partial charge is 0.231 e. The van der Waals surface area contributed by atoms with Gasteiger partial charge in [-0.25, -0.2) is 4.98 Å². The number of aromatic nitrogens is 2. The van der Waals surface area contributed by atoms with Gasteiger partial charge in [-0.2, -0.15) is 0 Å². The fraction of sp³-hybridized carbons (Fsp3) is 0.571. The molecular weight excluding hydrogens is 362 g/mol. The van der Waals surface area contributed by atoms with Crippen molar-refractivity contribution < 1.29 is 9.47 Å². The maximum Gasteiger partial charge on any atom is 0.231 e. The molecule has 1 aromatic heterocycles. The lowest BCUT2D eigenvalue weighted by Gasteiger charge is -2.44. The van der Waals surface area contributed by atoms with Gasteiger partial charge in [0.05, 0.1) is 5.02 Å². The minimum absolute atomic E-state index is 0.253. The fourth-order valence-corrected chi connectivity index (χ4v) is 5.28. The molecule has 27 heavy (non-hydrogen) atoms. The van der Waals surface area contributed by atoms with Gasteiger partial charge in [0.2, 0.25) is 6.79 Å². The highest BCUT2D eigenvalue weighted by Crippen LogP contribution is 2.41. The molecule has 0 N–H and O–H groups in total. The van der Waals surface area contributed by atoms with Crippen molar-refractivity contribution in [3.05, 3.63) is 29.5 Å². The van der Waals surface area contributed by atoms with Crippen LogP contribution in [-0.2, 0) is 6.54 Å². The Labute approximate surface area is 165 Å². The van der Waals surface area contributed by atoms with Crippen LogP contribution in [0.15, 0.2) is 24.5 Å². The van der Waals surface area contributed by atoms with Gasteiger partial charge in [0, 0.05) is 36.6 Å². The average molecular weight is 388 g/mol. The molecule has 0 aliphatic carbocycles. The molecule has 5 rings (SSSR count). The zero-order valence-electron chi connectivity index (χ0n) is 15.6. The van der Waals surface area contributed by atoms with Crippen molar-refractivity contribution in [1.29, 1.82) is 0 Å². The van der Waals surface area contributed by atoms with E-state index >= 15 is 0 Å². The summed E-state index contributed by atoms with van der Waals surface area (Å²) >= 11 is 6.52. The number of hydrogen-bond acceptors (Lipinski definition) is 4. The molecule has 2 saturated heterocycles. The molecule has 2 aromatic rings. The Morgan fingerprint density at radius 3 is 2.85 bits per heavy atom. The van der Waals surface area contributed by atoms with Crippen molar-refractivity contribution in [1.82, 2.24) is 14.5 Å². The van der Waals surface area contributed by atoms with Crippen molar-refractivity contribution in [2.45, 2.75) is 51.1 Å². The van der Waals surface area contributed by atoms with Gasteiger partial charge >= 0.3 is 0 Å². The van der Waals surface area contributed by atoms with E-state index < -0.39 is 0 Å². The molecular formula is C21H26ClN3O2. The van der Waals surface area contributed by atoms with Crippen molar-refractivity contribution in [3.8, 4) is 22.9 Å². The van der Waals surface area contributed by atoms with Crippen LogP contribution in [0, 0.1) is 5.92 Å². The molecule has 0 radical (unpaired) electrons. The van der Waals surface area contributed by atoms with Crippen molar-refractivity contribution >= 4 is 11.6 Å². The van der Waals surface area contributed by atoms with Crippen molar-refractivity contribution in [2.24, 2.45) is 5.92 Å². The van der Waals surface area contributed by atoms with Gasteiger partial charge in [0.1, 0.15) is 5.82 Å². The van der Waals surface area contributed by atoms with Gasteiger partial charge in [0.25, 0.3) is 0 Å². The van der Waals surface area contributed by atoms with Crippen molar-refractivity contribution in [2.75, 3.05) is 19.9 Å². The summed E-state index contributed by atoms with van der Waals surface area (Å²) in [6.07, 6.45) is 12.0. The van der Waals surface area contributed by atoms with Crippen LogP contribution in [0.25, 0.3) is 11.4 Å². The number of imidazole rings is 1. The number of nitrogens with zero attached hydrogens (tertiary/aromatic N) is 3. The third-order valence-electron chi connectivity index (χ3n) is 6.39. The molecule has 0 bridgehead atoms. The molecule has 0 saturated carbocycles. The lowest BCUT2D eigenvalue weighted by Crippen LogP contribution is -2.48. The molecule has 144 valence electrons. The summed E-state index contributed by atoms with van der Waals surface area (Å²) in [4.78, 5) is 7.33. The molecule has 0 spiro atoms. The van der Waals surface area contributed by atoms with Crippen LogP contribution in [0.1, 0.15) is 38.5 Å². The quantitative estimate of drug-likeness (QED) is 0.769. The summed E-state index contributed by atoms with van der Waals surface area (Å²) in [6.45, 7) is 3.83. The molecule has 3 aliphatic heterocycles. The SMILES string of the molecule is Clc1cc2c(cc1-c1nccn1CC[C@@H]1CCCN3CCCC[C@H]13)OCO2. The predicted octanol–water partition coefficient (Wildman–Crippen LogP) is 4.59. The van der Waals surface area contributed by atoms with Crippen molar-refractivity contribution in [3.63, 3.8) is 0 Å². The first-order chi connectivity index (χ1) is 13.3. The Kier molecular flexibility index (Phi) is 4.74. The first-order valence-electron chi connectivity index (χ1n) is 10.1. The summed E-state index contributed by atoms with van der Waals surface area (Å²) in [6, 6.07) is 4.57. The normalized spacial score (nSPS) is 24.8. The minimum atomic E-state index is 0.253. The Hall–Kier alpha value is -1.72. The van der Waals surface area contributed by atoms with E-state index in [0.717, 1.165) is 35.6 Å². The van der Waals surface area contributed by atoms with Gasteiger partial charge in [-0.1, -0.05) is 18.0 Å². The van der Waals surface area contributed by atoms with Crippen LogP contribution < -0.4 is 9.47 Å². The van der Waals surface area contributed by atoms with E-state index in [0.29, 0.717) is 10.8 Å². The third kappa shape index (κ3) is 3.32. The Morgan fingerprint density at radius 2 is 1.93 bits per heavy atom. The first-order valence-corrected chi connectivity index (χ1v) is 10.5. The lowest BCUT2D eigenvalue weighted by atomic mass is 9.81. The highest BCUT2D eigenvalue weighted by molar-refractivity contribution is 6.33. The molecule has 2 fully saturated rings. The number of benzene rings is 1. The zero-order valence-corrected chi connectivity index (χ0v) is 16.3. The number of aryl methyl sites for hydroxylation is 1. The molecule has 6 heteroatoms. The summed E-state index contributed by atoms with van der Waals surface area (Å²) < 4.78 is 13.2. The molecule has 3 aliphatic rings. The highest BCUT2D eigenvalue weighted by atomic mass is 35.5. The molecule has 4 heterocycles. The number of hydrogen-bond donors (Lipinski definition) is 0. The molecule has 1 aromatic carbocycles. The standard InChI is InChI=1S/C21H26ClN3O2/c22-17-13-20-19(26-14-27-20)12-16(17)21-23-7-11-25(21)10-6-15-4-3-9-24-8-2-1-5-18(15)24/h7,11-13,15,18H,1-6,8-10,14H2/t15-,18+/m0/s1. The van der Waals surface area contributed by atoms with E-state index in [1.165, 1.54) is 51.6 Å². The lowest BCUT2D eigenvalue weighted by molar-refractivity contribution is 0.0539. The average Bonchev–Trinajstić information content (AvgIpc) is 3.34. The number of halogens is 1. The summed E-state index contributed by atoms with van der Waals surface area (Å²) in [5, 5.41) is 0.655. The monoisotopic (exact) mass is 387 g/mol. The number of fused-ring (bicyclic) bond motifs is 2. The maximum absolute atomic E-state index is 6.52. The first kappa shape index (κ1) is 17.4. The number of rotatable bonds is 4. The topological polar surface area (TPSA) is 39.5 Å². The number of ether oxygens (including phenoxy) is 2.